The van der Waals surface area contributed by atoms with Gasteiger partial charge in [-0.1, -0.05) is 48.0 Å². The highest BCUT2D eigenvalue weighted by Crippen LogP contribution is 2.17. The van der Waals surface area contributed by atoms with E-state index in [9.17, 15) is 14.4 Å². The second kappa shape index (κ2) is 12.9. The Morgan fingerprint density at radius 3 is 2.44 bits per heavy atom. The minimum Gasteiger partial charge on any atom is -0.497 e. The molecule has 0 aliphatic carbocycles. The molecule has 4 rings (SSSR count). The molecule has 0 N–H and O–H groups in total. The molecule has 0 aliphatic heterocycles. The van der Waals surface area contributed by atoms with Crippen molar-refractivity contribution in [2.24, 2.45) is 0 Å². The lowest BCUT2D eigenvalue weighted by molar-refractivity contribution is -0.133. The summed E-state index contributed by atoms with van der Waals surface area (Å²) in [5, 5.41) is 0.467. The van der Waals surface area contributed by atoms with E-state index in [-0.39, 0.29) is 50.0 Å². The van der Waals surface area contributed by atoms with Gasteiger partial charge >= 0.3 is 0 Å². The Balaban J connectivity index is 1.63. The van der Waals surface area contributed by atoms with Crippen molar-refractivity contribution in [3.63, 3.8) is 0 Å². The average Bonchev–Trinajstić information content (AvgIpc) is 2.96. The second-order valence-corrected chi connectivity index (χ2v) is 9.28. The first-order valence-electron chi connectivity index (χ1n) is 12.6. The molecule has 39 heavy (non-hydrogen) atoms. The quantitative estimate of drug-likeness (QED) is 0.286. The molecule has 0 saturated carbocycles. The maximum atomic E-state index is 13.7. The van der Waals surface area contributed by atoms with E-state index in [1.807, 2.05) is 43.3 Å². The number of carbonyl (C=O) groups is 2. The highest BCUT2D eigenvalue weighted by molar-refractivity contribution is 5.97. The van der Waals surface area contributed by atoms with E-state index < -0.39 is 0 Å². The predicted octanol–water partition coefficient (Wildman–Crippen LogP) is 4.43. The van der Waals surface area contributed by atoms with E-state index in [1.165, 1.54) is 18.3 Å². The van der Waals surface area contributed by atoms with Crippen LogP contribution in [0.5, 0.6) is 5.75 Å². The third kappa shape index (κ3) is 6.91. The SMILES string of the molecule is COCCN(CC(=O)N(Cc1ccccc1)Cc1coc2ccc(C)cc2c1=O)C(=O)c1cccc(OC)c1. The van der Waals surface area contributed by atoms with Crippen molar-refractivity contribution >= 4 is 22.8 Å². The molecule has 0 unspecified atom stereocenters. The summed E-state index contributed by atoms with van der Waals surface area (Å²) in [6, 6.07) is 21.7. The summed E-state index contributed by atoms with van der Waals surface area (Å²) in [5.74, 6) is -0.0857. The van der Waals surface area contributed by atoms with E-state index in [0.717, 1.165) is 11.1 Å². The van der Waals surface area contributed by atoms with Gasteiger partial charge in [-0.3, -0.25) is 14.4 Å². The summed E-state index contributed by atoms with van der Waals surface area (Å²) in [7, 11) is 3.07. The van der Waals surface area contributed by atoms with Crippen molar-refractivity contribution in [3.8, 4) is 5.75 Å². The Labute approximate surface area is 227 Å². The van der Waals surface area contributed by atoms with Gasteiger partial charge in [0.2, 0.25) is 5.91 Å². The maximum Gasteiger partial charge on any atom is 0.254 e. The van der Waals surface area contributed by atoms with E-state index >= 15 is 0 Å². The second-order valence-electron chi connectivity index (χ2n) is 9.28. The van der Waals surface area contributed by atoms with Crippen LogP contribution in [0.15, 0.2) is 88.3 Å². The number of hydrogen-bond acceptors (Lipinski definition) is 6. The monoisotopic (exact) mass is 528 g/mol. The fourth-order valence-electron chi connectivity index (χ4n) is 4.29. The highest BCUT2D eigenvalue weighted by Gasteiger charge is 2.24. The molecule has 0 fully saturated rings. The van der Waals surface area contributed by atoms with Crippen molar-refractivity contribution in [2.45, 2.75) is 20.0 Å². The number of amides is 2. The number of fused-ring (bicyclic) bond motifs is 1. The molecule has 0 atom stereocenters. The molecule has 8 nitrogen and oxygen atoms in total. The molecule has 2 amide bonds. The number of hydrogen-bond donors (Lipinski definition) is 0. The van der Waals surface area contributed by atoms with Crippen LogP contribution in [0.3, 0.4) is 0 Å². The minimum absolute atomic E-state index is 0.0331. The van der Waals surface area contributed by atoms with E-state index in [1.54, 1.807) is 48.4 Å². The normalized spacial score (nSPS) is 10.8. The molecule has 0 aliphatic rings. The summed E-state index contributed by atoms with van der Waals surface area (Å²) in [5.41, 5.74) is 2.90. The predicted molar refractivity (Wildman–Crippen MR) is 149 cm³/mol. The summed E-state index contributed by atoms with van der Waals surface area (Å²) >= 11 is 0. The van der Waals surface area contributed by atoms with Crippen LogP contribution in [0.25, 0.3) is 11.0 Å². The van der Waals surface area contributed by atoms with Gasteiger partial charge in [0.05, 0.1) is 37.5 Å². The van der Waals surface area contributed by atoms with Gasteiger partial charge in [0.15, 0.2) is 5.43 Å². The van der Waals surface area contributed by atoms with Crippen molar-refractivity contribution in [1.29, 1.82) is 0 Å². The first-order valence-corrected chi connectivity index (χ1v) is 12.6. The number of carbonyl (C=O) groups excluding carboxylic acids is 2. The van der Waals surface area contributed by atoms with Crippen LogP contribution in [0, 0.1) is 6.92 Å². The fourth-order valence-corrected chi connectivity index (χ4v) is 4.29. The molecule has 1 aromatic heterocycles. The van der Waals surface area contributed by atoms with Crippen LogP contribution in [-0.4, -0.2) is 55.5 Å². The summed E-state index contributed by atoms with van der Waals surface area (Å²) in [6.07, 6.45) is 1.41. The molecule has 0 spiro atoms. The van der Waals surface area contributed by atoms with Gasteiger partial charge in [0, 0.05) is 25.8 Å². The van der Waals surface area contributed by atoms with Crippen LogP contribution in [0.4, 0.5) is 0 Å². The number of ether oxygens (including phenoxy) is 2. The maximum absolute atomic E-state index is 13.7. The van der Waals surface area contributed by atoms with Gasteiger partial charge in [-0.2, -0.15) is 0 Å². The van der Waals surface area contributed by atoms with Crippen LogP contribution in [0.1, 0.15) is 27.0 Å². The lowest BCUT2D eigenvalue weighted by atomic mass is 10.1. The Morgan fingerprint density at radius 1 is 0.897 bits per heavy atom. The number of rotatable bonds is 11. The van der Waals surface area contributed by atoms with Gasteiger partial charge in [-0.25, -0.2) is 0 Å². The molecular weight excluding hydrogens is 496 g/mol. The van der Waals surface area contributed by atoms with Crippen molar-refractivity contribution < 1.29 is 23.5 Å². The standard InChI is InChI=1S/C31H32N2O6/c1-22-12-13-28-27(16-22)30(35)25(21-39-28)19-33(18-23-8-5-4-6-9-23)29(34)20-32(14-15-37-2)31(36)24-10-7-11-26(17-24)38-3/h4-13,16-17,21H,14-15,18-20H2,1-3H3. The number of aryl methyl sites for hydroxylation is 1. The average molecular weight is 529 g/mol. The third-order valence-electron chi connectivity index (χ3n) is 6.43. The topological polar surface area (TPSA) is 89.3 Å². The molecule has 3 aromatic carbocycles. The summed E-state index contributed by atoms with van der Waals surface area (Å²) < 4.78 is 16.2. The first-order chi connectivity index (χ1) is 18.9. The smallest absolute Gasteiger partial charge is 0.254 e. The molecule has 8 heteroatoms. The number of nitrogens with zero attached hydrogens (tertiary/aromatic N) is 2. The van der Waals surface area contributed by atoms with Gasteiger partial charge in [-0.15, -0.1) is 0 Å². The minimum atomic E-state index is -0.320. The zero-order chi connectivity index (χ0) is 27.8. The first kappa shape index (κ1) is 27.6. The Hall–Kier alpha value is -4.43. The van der Waals surface area contributed by atoms with Gasteiger partial charge in [0.1, 0.15) is 17.9 Å². The lowest BCUT2D eigenvalue weighted by Crippen LogP contribution is -2.44. The summed E-state index contributed by atoms with van der Waals surface area (Å²) in [4.78, 5) is 43.5. The van der Waals surface area contributed by atoms with E-state index in [4.69, 9.17) is 13.9 Å². The zero-order valence-electron chi connectivity index (χ0n) is 22.4. The van der Waals surface area contributed by atoms with E-state index in [0.29, 0.717) is 27.8 Å². The molecule has 1 heterocycles. The van der Waals surface area contributed by atoms with Crippen LogP contribution in [-0.2, 0) is 22.6 Å². The van der Waals surface area contributed by atoms with Crippen LogP contribution >= 0.6 is 0 Å². The molecule has 0 saturated heterocycles. The van der Waals surface area contributed by atoms with Crippen LogP contribution < -0.4 is 10.2 Å². The molecule has 0 bridgehead atoms. The van der Waals surface area contributed by atoms with Crippen LogP contribution in [0.2, 0.25) is 0 Å². The van der Waals surface area contributed by atoms with Crippen molar-refractivity contribution in [3.05, 3.63) is 112 Å². The Bertz CT molecular complexity index is 1500. The Kier molecular flexibility index (Phi) is 9.12. The molecule has 4 aromatic rings. The summed E-state index contributed by atoms with van der Waals surface area (Å²) in [6.45, 7) is 2.49. The molecular formula is C31H32N2O6. The van der Waals surface area contributed by atoms with Gasteiger partial charge in [-0.05, 0) is 42.8 Å². The molecule has 202 valence electrons. The van der Waals surface area contributed by atoms with Gasteiger partial charge in [0.25, 0.3) is 5.91 Å². The zero-order valence-corrected chi connectivity index (χ0v) is 22.4. The Morgan fingerprint density at radius 2 is 1.69 bits per heavy atom. The largest absolute Gasteiger partial charge is 0.497 e. The fraction of sp³-hybridized carbons (Fsp3) is 0.258. The third-order valence-corrected chi connectivity index (χ3v) is 6.43. The highest BCUT2D eigenvalue weighted by atomic mass is 16.5. The van der Waals surface area contributed by atoms with Crippen molar-refractivity contribution in [1.82, 2.24) is 9.80 Å². The number of benzene rings is 3. The number of methoxy groups -OCH3 is 2. The van der Waals surface area contributed by atoms with Crippen molar-refractivity contribution in [2.75, 3.05) is 33.9 Å². The lowest BCUT2D eigenvalue weighted by Gasteiger charge is -2.28. The van der Waals surface area contributed by atoms with Gasteiger partial charge < -0.3 is 23.7 Å². The van der Waals surface area contributed by atoms with E-state index in [2.05, 4.69) is 0 Å². The molecule has 0 radical (unpaired) electrons.